The van der Waals surface area contributed by atoms with E-state index in [-0.39, 0.29) is 12.5 Å². The van der Waals surface area contributed by atoms with E-state index in [1.54, 1.807) is 48.3 Å². The minimum Gasteiger partial charge on any atom is -0.484 e. The Balaban J connectivity index is 1.89. The summed E-state index contributed by atoms with van der Waals surface area (Å²) in [5.74, 6) is 0.376. The van der Waals surface area contributed by atoms with Gasteiger partial charge in [0.15, 0.2) is 6.61 Å². The molecule has 0 aliphatic heterocycles. The fourth-order valence-electron chi connectivity index (χ4n) is 1.88. The minimum absolute atomic E-state index is 0.0796. The molecule has 2 aromatic rings. The lowest BCUT2D eigenvalue weighted by Gasteiger charge is -2.18. The third kappa shape index (κ3) is 4.88. The van der Waals surface area contributed by atoms with Crippen LogP contribution in [0.2, 0.25) is 10.0 Å². The summed E-state index contributed by atoms with van der Waals surface area (Å²) in [6.45, 7) is 0.330. The van der Waals surface area contributed by atoms with E-state index in [2.05, 4.69) is 0 Å². The van der Waals surface area contributed by atoms with Gasteiger partial charge in [-0.15, -0.1) is 0 Å². The van der Waals surface area contributed by atoms with Crippen molar-refractivity contribution in [1.82, 2.24) is 4.90 Å². The highest BCUT2D eigenvalue weighted by Crippen LogP contribution is 2.23. The predicted octanol–water partition coefficient (Wildman–Crippen LogP) is 3.90. The first-order valence-electron chi connectivity index (χ1n) is 6.80. The first-order valence-corrected chi connectivity index (χ1v) is 7.56. The van der Waals surface area contributed by atoms with E-state index in [0.29, 0.717) is 27.9 Å². The quantitative estimate of drug-likeness (QED) is 0.823. The lowest BCUT2D eigenvalue weighted by molar-refractivity contribution is -0.132. The lowest BCUT2D eigenvalue weighted by Crippen LogP contribution is -2.30. The molecule has 0 aliphatic carbocycles. The van der Waals surface area contributed by atoms with Crippen molar-refractivity contribution < 1.29 is 9.53 Å². The third-order valence-corrected chi connectivity index (χ3v) is 3.91. The van der Waals surface area contributed by atoms with E-state index < -0.39 is 0 Å². The van der Waals surface area contributed by atoms with Gasteiger partial charge in [0.25, 0.3) is 5.91 Å². The molecule has 0 heterocycles. The Morgan fingerprint density at radius 2 is 1.87 bits per heavy atom. The number of hydrogen-bond acceptors (Lipinski definition) is 3. The largest absolute Gasteiger partial charge is 0.484 e. The number of amides is 1. The average Bonchev–Trinajstić information content (AvgIpc) is 2.56. The van der Waals surface area contributed by atoms with E-state index in [4.69, 9.17) is 33.2 Å². The van der Waals surface area contributed by atoms with Gasteiger partial charge in [-0.25, -0.2) is 0 Å². The Hall–Kier alpha value is -2.22. The van der Waals surface area contributed by atoms with Gasteiger partial charge in [0.2, 0.25) is 0 Å². The fourth-order valence-corrected chi connectivity index (χ4v) is 2.20. The van der Waals surface area contributed by atoms with E-state index in [1.165, 1.54) is 0 Å². The van der Waals surface area contributed by atoms with Crippen LogP contribution >= 0.6 is 23.2 Å². The van der Waals surface area contributed by atoms with Gasteiger partial charge in [0.1, 0.15) is 5.75 Å². The molecule has 0 aromatic heterocycles. The van der Waals surface area contributed by atoms with Crippen molar-refractivity contribution in [2.24, 2.45) is 0 Å². The molecule has 0 bridgehead atoms. The third-order valence-electron chi connectivity index (χ3n) is 3.18. The lowest BCUT2D eigenvalue weighted by atomic mass is 10.2. The smallest absolute Gasteiger partial charge is 0.260 e. The van der Waals surface area contributed by atoms with Crippen LogP contribution in [0.1, 0.15) is 11.1 Å². The second-order valence-electron chi connectivity index (χ2n) is 4.92. The van der Waals surface area contributed by atoms with Crippen LogP contribution in [0, 0.1) is 11.3 Å². The van der Waals surface area contributed by atoms with Crippen LogP contribution < -0.4 is 4.74 Å². The summed E-state index contributed by atoms with van der Waals surface area (Å²) in [5.41, 5.74) is 1.43. The normalized spacial score (nSPS) is 10.0. The molecule has 0 N–H and O–H groups in total. The maximum atomic E-state index is 12.1. The molecule has 0 radical (unpaired) electrons. The molecule has 2 rings (SSSR count). The fraction of sp³-hybridized carbons (Fsp3) is 0.176. The highest BCUT2D eigenvalue weighted by Gasteiger charge is 2.11. The number of likely N-dealkylation sites (N-methyl/N-ethyl adjacent to an activating group) is 1. The van der Waals surface area contributed by atoms with Gasteiger partial charge in [-0.1, -0.05) is 29.3 Å². The number of nitrogens with zero attached hydrogens (tertiary/aromatic N) is 2. The first kappa shape index (κ1) is 17.1. The predicted molar refractivity (Wildman–Crippen MR) is 89.6 cm³/mol. The number of hydrogen-bond donors (Lipinski definition) is 0. The van der Waals surface area contributed by atoms with Gasteiger partial charge >= 0.3 is 0 Å². The zero-order valence-corrected chi connectivity index (χ0v) is 13.9. The highest BCUT2D eigenvalue weighted by atomic mass is 35.5. The maximum Gasteiger partial charge on any atom is 0.260 e. The van der Waals surface area contributed by atoms with Crippen molar-refractivity contribution in [2.75, 3.05) is 13.7 Å². The molecule has 0 saturated carbocycles. The van der Waals surface area contributed by atoms with E-state index >= 15 is 0 Å². The molecule has 0 saturated heterocycles. The molecule has 4 nitrogen and oxygen atoms in total. The second kappa shape index (κ2) is 7.87. The summed E-state index contributed by atoms with van der Waals surface area (Å²) in [7, 11) is 1.69. The number of rotatable bonds is 5. The Labute approximate surface area is 144 Å². The number of ether oxygens (including phenoxy) is 1. The van der Waals surface area contributed by atoms with Gasteiger partial charge in [0.05, 0.1) is 21.7 Å². The molecular formula is C17H14Cl2N2O2. The second-order valence-corrected chi connectivity index (χ2v) is 5.74. The van der Waals surface area contributed by atoms with Crippen molar-refractivity contribution >= 4 is 29.1 Å². The molecule has 0 fully saturated rings. The molecule has 0 unspecified atom stereocenters. The summed E-state index contributed by atoms with van der Waals surface area (Å²) in [4.78, 5) is 13.6. The maximum absolute atomic E-state index is 12.1. The molecular weight excluding hydrogens is 335 g/mol. The van der Waals surface area contributed by atoms with Crippen molar-refractivity contribution in [3.05, 3.63) is 63.6 Å². The summed E-state index contributed by atoms with van der Waals surface area (Å²) < 4.78 is 5.42. The summed E-state index contributed by atoms with van der Waals surface area (Å²) in [6.07, 6.45) is 0. The van der Waals surface area contributed by atoms with Crippen LogP contribution in [0.15, 0.2) is 42.5 Å². The van der Waals surface area contributed by atoms with Crippen LogP contribution in [-0.4, -0.2) is 24.5 Å². The van der Waals surface area contributed by atoms with E-state index in [1.807, 2.05) is 12.1 Å². The van der Waals surface area contributed by atoms with Crippen molar-refractivity contribution in [3.63, 3.8) is 0 Å². The van der Waals surface area contributed by atoms with Gasteiger partial charge in [-0.05, 0) is 42.0 Å². The van der Waals surface area contributed by atoms with E-state index in [0.717, 1.165) is 5.56 Å². The molecule has 2 aromatic carbocycles. The molecule has 118 valence electrons. The van der Waals surface area contributed by atoms with Gasteiger partial charge in [-0.2, -0.15) is 5.26 Å². The molecule has 23 heavy (non-hydrogen) atoms. The van der Waals surface area contributed by atoms with E-state index in [9.17, 15) is 4.79 Å². The molecule has 0 aliphatic rings. The zero-order valence-electron chi connectivity index (χ0n) is 12.4. The topological polar surface area (TPSA) is 53.3 Å². The van der Waals surface area contributed by atoms with Gasteiger partial charge in [0, 0.05) is 13.6 Å². The first-order chi connectivity index (χ1) is 11.0. The van der Waals surface area contributed by atoms with Gasteiger partial charge in [-0.3, -0.25) is 4.79 Å². The Morgan fingerprint density at radius 3 is 2.48 bits per heavy atom. The number of nitriles is 1. The number of carbonyl (C=O) groups is 1. The molecule has 6 heteroatoms. The summed E-state index contributed by atoms with van der Waals surface area (Å²) >= 11 is 11.8. The van der Waals surface area contributed by atoms with Crippen LogP contribution in [0.25, 0.3) is 0 Å². The Bertz CT molecular complexity index is 739. The van der Waals surface area contributed by atoms with Crippen molar-refractivity contribution in [3.8, 4) is 11.8 Å². The highest BCUT2D eigenvalue weighted by molar-refractivity contribution is 6.42. The zero-order chi connectivity index (χ0) is 16.8. The van der Waals surface area contributed by atoms with Crippen LogP contribution in [0.5, 0.6) is 5.75 Å². The monoisotopic (exact) mass is 348 g/mol. The van der Waals surface area contributed by atoms with Crippen LogP contribution in [0.4, 0.5) is 0 Å². The van der Waals surface area contributed by atoms with Gasteiger partial charge < -0.3 is 9.64 Å². The molecule has 0 spiro atoms. The minimum atomic E-state index is -0.166. The number of carbonyl (C=O) groups excluding carboxylic acids is 1. The Kier molecular flexibility index (Phi) is 5.86. The molecule has 1 amide bonds. The SMILES string of the molecule is CN(Cc1ccc(Cl)c(Cl)c1)C(=O)COc1ccc(C#N)cc1. The number of halogens is 2. The number of benzene rings is 2. The summed E-state index contributed by atoms with van der Waals surface area (Å²) in [6, 6.07) is 13.9. The van der Waals surface area contributed by atoms with Crippen LogP contribution in [-0.2, 0) is 11.3 Å². The Morgan fingerprint density at radius 1 is 1.17 bits per heavy atom. The van der Waals surface area contributed by atoms with Crippen molar-refractivity contribution in [2.45, 2.75) is 6.54 Å². The summed E-state index contributed by atoms with van der Waals surface area (Å²) in [5, 5.41) is 9.66. The standard InChI is InChI=1S/C17H14Cl2N2O2/c1-21(10-13-4-7-15(18)16(19)8-13)17(22)11-23-14-5-2-12(9-20)3-6-14/h2-8H,10-11H2,1H3. The van der Waals surface area contributed by atoms with Crippen LogP contribution in [0.3, 0.4) is 0 Å². The van der Waals surface area contributed by atoms with Crippen molar-refractivity contribution in [1.29, 1.82) is 5.26 Å². The molecule has 0 atom stereocenters. The average molecular weight is 349 g/mol.